The first kappa shape index (κ1) is 22.7. The van der Waals surface area contributed by atoms with Crippen molar-refractivity contribution in [2.45, 2.75) is 25.8 Å². The number of nitrogens with zero attached hydrogens (tertiary/aromatic N) is 4. The second-order valence-corrected chi connectivity index (χ2v) is 9.05. The van der Waals surface area contributed by atoms with Crippen LogP contribution >= 0.6 is 0 Å². The largest absolute Gasteiger partial charge is 0.368 e. The Balaban J connectivity index is 1.35. The van der Waals surface area contributed by atoms with Crippen molar-refractivity contribution in [2.75, 3.05) is 41.3 Å². The van der Waals surface area contributed by atoms with E-state index in [0.717, 1.165) is 61.8 Å². The molecule has 1 saturated heterocycles. The van der Waals surface area contributed by atoms with Crippen LogP contribution in [0, 0.1) is 0 Å². The number of para-hydroxylation sites is 1. The van der Waals surface area contributed by atoms with Crippen molar-refractivity contribution in [3.63, 3.8) is 0 Å². The first-order valence-electron chi connectivity index (χ1n) is 12.0. The number of amides is 2. The lowest BCUT2D eigenvalue weighted by atomic mass is 10.1. The summed E-state index contributed by atoms with van der Waals surface area (Å²) < 4.78 is 0. The van der Waals surface area contributed by atoms with E-state index < -0.39 is 5.91 Å². The van der Waals surface area contributed by atoms with Crippen LogP contribution in [-0.2, 0) is 4.79 Å². The molecule has 2 aromatic carbocycles. The summed E-state index contributed by atoms with van der Waals surface area (Å²) in [6.07, 6.45) is 3.70. The molecule has 2 heterocycles. The number of hydrogen-bond acceptors (Lipinski definition) is 6. The lowest BCUT2D eigenvalue weighted by Gasteiger charge is -2.35. The monoisotopic (exact) mass is 470 g/mol. The third-order valence-corrected chi connectivity index (χ3v) is 6.58. The van der Waals surface area contributed by atoms with E-state index in [-0.39, 0.29) is 5.91 Å². The first-order valence-corrected chi connectivity index (χ1v) is 12.0. The summed E-state index contributed by atoms with van der Waals surface area (Å²) in [5.41, 5.74) is 9.95. The average Bonchev–Trinajstić information content (AvgIpc) is 3.71. The van der Waals surface area contributed by atoms with Crippen molar-refractivity contribution >= 4 is 40.4 Å². The number of carbonyl (C=O) groups excluding carboxylic acids is 2. The average molecular weight is 471 g/mol. The lowest BCUT2D eigenvalue weighted by Crippen LogP contribution is -2.48. The van der Waals surface area contributed by atoms with Crippen LogP contribution in [-0.4, -0.2) is 53.9 Å². The molecule has 35 heavy (non-hydrogen) atoms. The van der Waals surface area contributed by atoms with E-state index in [4.69, 9.17) is 5.73 Å². The van der Waals surface area contributed by atoms with Crippen LogP contribution in [0.3, 0.4) is 0 Å². The Morgan fingerprint density at radius 3 is 2.29 bits per heavy atom. The van der Waals surface area contributed by atoms with Crippen LogP contribution < -0.4 is 20.9 Å². The SMILES string of the molecule is CC(=O)N1CCN(c2ccc(Nc3cc(N(c4ccccc4)C4CC4)c(C(N)=O)cn3)cc2)CC1. The van der Waals surface area contributed by atoms with Gasteiger partial charge in [-0.15, -0.1) is 0 Å². The molecule has 1 aromatic heterocycles. The molecule has 1 aliphatic carbocycles. The molecule has 180 valence electrons. The molecule has 0 spiro atoms. The smallest absolute Gasteiger partial charge is 0.252 e. The molecule has 2 fully saturated rings. The molecule has 0 bridgehead atoms. The van der Waals surface area contributed by atoms with E-state index in [2.05, 4.69) is 32.2 Å². The molecule has 8 nitrogen and oxygen atoms in total. The standard InChI is InChI=1S/C27H30N6O2/c1-19(34)31-13-15-32(16-14-31)21-9-7-20(8-10-21)30-26-17-25(24(18-29-26)27(28)35)33(23-11-12-23)22-5-3-2-4-6-22/h2-10,17-18,23H,11-16H2,1H3,(H2,28,35)(H,29,30). The van der Waals surface area contributed by atoms with Crippen molar-refractivity contribution < 1.29 is 9.59 Å². The number of benzene rings is 2. The second-order valence-electron chi connectivity index (χ2n) is 9.05. The van der Waals surface area contributed by atoms with Gasteiger partial charge in [-0.05, 0) is 49.2 Å². The zero-order chi connectivity index (χ0) is 24.4. The van der Waals surface area contributed by atoms with Gasteiger partial charge in [0.15, 0.2) is 0 Å². The van der Waals surface area contributed by atoms with Crippen molar-refractivity contribution in [2.24, 2.45) is 5.73 Å². The molecule has 5 rings (SSSR count). The molecule has 0 atom stereocenters. The van der Waals surface area contributed by atoms with E-state index >= 15 is 0 Å². The van der Waals surface area contributed by atoms with E-state index in [9.17, 15) is 9.59 Å². The van der Waals surface area contributed by atoms with Crippen LogP contribution in [0.15, 0.2) is 66.9 Å². The molecule has 1 aliphatic heterocycles. The topological polar surface area (TPSA) is 94.8 Å². The van der Waals surface area contributed by atoms with Gasteiger partial charge in [0.2, 0.25) is 5.91 Å². The van der Waals surface area contributed by atoms with E-state index in [1.165, 1.54) is 0 Å². The highest BCUT2D eigenvalue weighted by Crippen LogP contribution is 2.40. The summed E-state index contributed by atoms with van der Waals surface area (Å²) in [5, 5.41) is 3.37. The van der Waals surface area contributed by atoms with Gasteiger partial charge in [0.25, 0.3) is 5.91 Å². The van der Waals surface area contributed by atoms with E-state index in [1.54, 1.807) is 13.1 Å². The van der Waals surface area contributed by atoms with Gasteiger partial charge in [0, 0.05) is 68.5 Å². The number of rotatable bonds is 7. The number of piperazine rings is 1. The normalized spacial score (nSPS) is 15.6. The fourth-order valence-corrected chi connectivity index (χ4v) is 4.55. The minimum atomic E-state index is -0.491. The van der Waals surface area contributed by atoms with Crippen LogP contribution in [0.1, 0.15) is 30.1 Å². The van der Waals surface area contributed by atoms with Gasteiger partial charge in [0.05, 0.1) is 11.3 Å². The molecule has 3 N–H and O–H groups in total. The highest BCUT2D eigenvalue weighted by atomic mass is 16.2. The third kappa shape index (κ3) is 5.06. The maximum atomic E-state index is 12.2. The molecular formula is C27H30N6O2. The van der Waals surface area contributed by atoms with Gasteiger partial charge in [0.1, 0.15) is 5.82 Å². The van der Waals surface area contributed by atoms with Gasteiger partial charge >= 0.3 is 0 Å². The Morgan fingerprint density at radius 1 is 1.00 bits per heavy atom. The number of hydrogen-bond donors (Lipinski definition) is 2. The van der Waals surface area contributed by atoms with E-state index in [0.29, 0.717) is 17.4 Å². The predicted molar refractivity (Wildman–Crippen MR) is 139 cm³/mol. The summed E-state index contributed by atoms with van der Waals surface area (Å²) >= 11 is 0. The number of anilines is 5. The Labute approximate surface area is 205 Å². The maximum Gasteiger partial charge on any atom is 0.252 e. The van der Waals surface area contributed by atoms with Crippen molar-refractivity contribution in [1.82, 2.24) is 9.88 Å². The summed E-state index contributed by atoms with van der Waals surface area (Å²) in [6.45, 7) is 4.75. The molecule has 0 unspecified atom stereocenters. The van der Waals surface area contributed by atoms with Gasteiger partial charge < -0.3 is 25.8 Å². The van der Waals surface area contributed by atoms with Gasteiger partial charge in [-0.1, -0.05) is 18.2 Å². The van der Waals surface area contributed by atoms with Crippen LogP contribution in [0.25, 0.3) is 0 Å². The zero-order valence-electron chi connectivity index (χ0n) is 19.9. The Morgan fingerprint density at radius 2 is 1.69 bits per heavy atom. The Kier molecular flexibility index (Phi) is 6.27. The molecule has 2 amide bonds. The predicted octanol–water partition coefficient (Wildman–Crippen LogP) is 3.89. The molecule has 8 heteroatoms. The van der Waals surface area contributed by atoms with E-state index in [1.807, 2.05) is 53.4 Å². The highest BCUT2D eigenvalue weighted by Gasteiger charge is 2.32. The number of aromatic nitrogens is 1. The third-order valence-electron chi connectivity index (χ3n) is 6.58. The number of pyridine rings is 1. The van der Waals surface area contributed by atoms with Crippen molar-refractivity contribution in [3.05, 3.63) is 72.4 Å². The summed E-state index contributed by atoms with van der Waals surface area (Å²) in [5.74, 6) is 0.287. The van der Waals surface area contributed by atoms with Gasteiger partial charge in [-0.25, -0.2) is 4.98 Å². The molecular weight excluding hydrogens is 440 g/mol. The maximum absolute atomic E-state index is 12.2. The Bertz CT molecular complexity index is 1200. The zero-order valence-corrected chi connectivity index (χ0v) is 19.9. The minimum Gasteiger partial charge on any atom is -0.368 e. The number of primary amides is 1. The minimum absolute atomic E-state index is 0.130. The summed E-state index contributed by atoms with van der Waals surface area (Å²) in [7, 11) is 0. The second kappa shape index (κ2) is 9.66. The molecule has 0 radical (unpaired) electrons. The number of nitrogens with two attached hydrogens (primary N) is 1. The molecule has 3 aromatic rings. The van der Waals surface area contributed by atoms with Crippen LogP contribution in [0.4, 0.5) is 28.6 Å². The van der Waals surface area contributed by atoms with Crippen molar-refractivity contribution in [3.8, 4) is 0 Å². The van der Waals surface area contributed by atoms with Crippen molar-refractivity contribution in [1.29, 1.82) is 0 Å². The van der Waals surface area contributed by atoms with Crippen LogP contribution in [0.5, 0.6) is 0 Å². The summed E-state index contributed by atoms with van der Waals surface area (Å²) in [6, 6.07) is 20.5. The Hall–Kier alpha value is -4.07. The summed E-state index contributed by atoms with van der Waals surface area (Å²) in [4.78, 5) is 34.6. The number of nitrogens with one attached hydrogen (secondary N) is 1. The fourth-order valence-electron chi connectivity index (χ4n) is 4.55. The van der Waals surface area contributed by atoms with Gasteiger partial charge in [-0.2, -0.15) is 0 Å². The molecule has 1 saturated carbocycles. The number of carbonyl (C=O) groups is 2. The lowest BCUT2D eigenvalue weighted by molar-refractivity contribution is -0.129. The van der Waals surface area contributed by atoms with Crippen LogP contribution in [0.2, 0.25) is 0 Å². The molecule has 2 aliphatic rings. The first-order chi connectivity index (χ1) is 17.0. The fraction of sp³-hybridized carbons (Fsp3) is 0.296. The van der Waals surface area contributed by atoms with Gasteiger partial charge in [-0.3, -0.25) is 9.59 Å². The highest BCUT2D eigenvalue weighted by molar-refractivity contribution is 6.00. The quantitative estimate of drug-likeness (QED) is 0.544.